The first-order valence-electron chi connectivity index (χ1n) is 12.7. The van der Waals surface area contributed by atoms with Crippen LogP contribution in [-0.4, -0.2) is 90.0 Å². The van der Waals surface area contributed by atoms with Gasteiger partial charge in [-0.2, -0.15) is 4.39 Å². The van der Waals surface area contributed by atoms with E-state index in [0.717, 1.165) is 13.1 Å². The van der Waals surface area contributed by atoms with Gasteiger partial charge >= 0.3 is 5.97 Å². The highest BCUT2D eigenvalue weighted by Crippen LogP contribution is 2.42. The smallest absolute Gasteiger partial charge is 0.347 e. The molecule has 9 nitrogen and oxygen atoms in total. The van der Waals surface area contributed by atoms with Crippen molar-refractivity contribution >= 4 is 11.9 Å². The largest absolute Gasteiger partial charge is 0.509 e. The summed E-state index contributed by atoms with van der Waals surface area (Å²) in [4.78, 5) is 28.3. The molecule has 1 aromatic rings. The molecule has 0 aliphatic carbocycles. The molecule has 3 aliphatic heterocycles. The maximum Gasteiger partial charge on any atom is 0.347 e. The van der Waals surface area contributed by atoms with Crippen LogP contribution in [0.2, 0.25) is 0 Å². The lowest BCUT2D eigenvalue weighted by Gasteiger charge is -2.46. The Balaban J connectivity index is 1.51. The third kappa shape index (κ3) is 5.58. The fourth-order valence-electron chi connectivity index (χ4n) is 4.92. The Morgan fingerprint density at radius 1 is 1.19 bits per heavy atom. The number of benzene rings is 1. The average Bonchev–Trinajstić information content (AvgIpc) is 3.28. The Bertz CT molecular complexity index is 1060. The van der Waals surface area contributed by atoms with E-state index >= 15 is 4.39 Å². The Labute approximate surface area is 215 Å². The van der Waals surface area contributed by atoms with Gasteiger partial charge in [0.25, 0.3) is 5.91 Å². The van der Waals surface area contributed by atoms with E-state index in [1.165, 1.54) is 17.1 Å². The Morgan fingerprint density at radius 3 is 2.62 bits per heavy atom. The van der Waals surface area contributed by atoms with Crippen molar-refractivity contribution in [1.82, 2.24) is 14.9 Å². The van der Waals surface area contributed by atoms with Gasteiger partial charge in [0.2, 0.25) is 5.82 Å². The molecule has 3 heterocycles. The molecule has 1 aromatic carbocycles. The SMILES string of the molecule is CC(C)COC(=O)C1=C(O)C2(C)CCCN2N(Cc2ccc(OCCN3CCOCC3)c(F)c2F)C1=O. The number of hydrogen-bond acceptors (Lipinski definition) is 8. The summed E-state index contributed by atoms with van der Waals surface area (Å²) in [5, 5.41) is 13.8. The number of carbonyl (C=O) groups is 2. The van der Waals surface area contributed by atoms with Gasteiger partial charge in [0.1, 0.15) is 12.4 Å². The van der Waals surface area contributed by atoms with Crippen LogP contribution in [0.15, 0.2) is 23.5 Å². The molecule has 1 atom stereocenters. The predicted octanol–water partition coefficient (Wildman–Crippen LogP) is 2.80. The van der Waals surface area contributed by atoms with Crippen LogP contribution < -0.4 is 4.74 Å². The molecule has 0 bridgehead atoms. The molecule has 2 saturated heterocycles. The number of aliphatic hydroxyl groups is 1. The number of carbonyl (C=O) groups excluding carboxylic acids is 2. The minimum atomic E-state index is -1.14. The van der Waals surface area contributed by atoms with E-state index in [2.05, 4.69) is 4.90 Å². The second-order valence-corrected chi connectivity index (χ2v) is 10.2. The van der Waals surface area contributed by atoms with E-state index in [9.17, 15) is 19.1 Å². The zero-order valence-corrected chi connectivity index (χ0v) is 21.6. The van der Waals surface area contributed by atoms with E-state index in [1.807, 2.05) is 13.8 Å². The van der Waals surface area contributed by atoms with E-state index in [-0.39, 0.29) is 42.7 Å². The monoisotopic (exact) mass is 523 g/mol. The number of esters is 1. The second kappa shape index (κ2) is 11.3. The topological polar surface area (TPSA) is 91.8 Å². The highest BCUT2D eigenvalue weighted by atomic mass is 19.2. The molecule has 1 N–H and O–H groups in total. The van der Waals surface area contributed by atoms with Crippen molar-refractivity contribution in [2.24, 2.45) is 5.92 Å². The molecule has 2 fully saturated rings. The molecule has 204 valence electrons. The number of rotatable bonds is 9. The number of hydrogen-bond donors (Lipinski definition) is 1. The van der Waals surface area contributed by atoms with E-state index in [4.69, 9.17) is 14.2 Å². The second-order valence-electron chi connectivity index (χ2n) is 10.2. The lowest BCUT2D eigenvalue weighted by atomic mass is 9.91. The molecule has 4 rings (SSSR count). The maximum absolute atomic E-state index is 15.1. The molecule has 0 spiro atoms. The van der Waals surface area contributed by atoms with E-state index in [0.29, 0.717) is 39.1 Å². The molecule has 0 aromatic heterocycles. The molecule has 11 heteroatoms. The number of aliphatic hydroxyl groups excluding tert-OH is 1. The van der Waals surface area contributed by atoms with Crippen molar-refractivity contribution < 1.29 is 37.7 Å². The van der Waals surface area contributed by atoms with Gasteiger partial charge in [0, 0.05) is 31.7 Å². The zero-order chi connectivity index (χ0) is 26.7. The first kappa shape index (κ1) is 27.3. The van der Waals surface area contributed by atoms with Crippen LogP contribution in [0.25, 0.3) is 0 Å². The number of hydrazine groups is 1. The lowest BCUT2D eigenvalue weighted by Crippen LogP contribution is -2.60. The summed E-state index contributed by atoms with van der Waals surface area (Å²) in [6.07, 6.45) is 1.13. The first-order valence-corrected chi connectivity index (χ1v) is 12.7. The normalized spacial score (nSPS) is 23.1. The van der Waals surface area contributed by atoms with Crippen LogP contribution in [0.5, 0.6) is 5.75 Å². The first-order chi connectivity index (χ1) is 17.6. The van der Waals surface area contributed by atoms with Gasteiger partial charge in [0.15, 0.2) is 17.1 Å². The van der Waals surface area contributed by atoms with Crippen LogP contribution in [-0.2, 0) is 25.6 Å². The van der Waals surface area contributed by atoms with Crippen LogP contribution in [0, 0.1) is 17.6 Å². The number of halogens is 2. The maximum atomic E-state index is 15.1. The predicted molar refractivity (Wildman–Crippen MR) is 129 cm³/mol. The molecule has 3 aliphatic rings. The molecule has 0 radical (unpaired) electrons. The summed E-state index contributed by atoms with van der Waals surface area (Å²) in [6, 6.07) is 2.72. The molecule has 1 amide bonds. The zero-order valence-electron chi connectivity index (χ0n) is 21.6. The molecule has 0 saturated carbocycles. The number of ether oxygens (including phenoxy) is 3. The van der Waals surface area contributed by atoms with Crippen molar-refractivity contribution in [3.05, 3.63) is 40.7 Å². The van der Waals surface area contributed by atoms with E-state index < -0.39 is 34.6 Å². The third-order valence-corrected chi connectivity index (χ3v) is 7.06. The van der Waals surface area contributed by atoms with E-state index in [1.54, 1.807) is 11.9 Å². The number of amides is 1. The summed E-state index contributed by atoms with van der Waals surface area (Å²) in [5.74, 6) is -4.52. The summed E-state index contributed by atoms with van der Waals surface area (Å²) in [7, 11) is 0. The average molecular weight is 524 g/mol. The summed E-state index contributed by atoms with van der Waals surface area (Å²) >= 11 is 0. The lowest BCUT2D eigenvalue weighted by molar-refractivity contribution is -0.164. The fraction of sp³-hybridized carbons (Fsp3) is 0.615. The number of morpholine rings is 1. The highest BCUT2D eigenvalue weighted by Gasteiger charge is 2.53. The minimum absolute atomic E-state index is 0.0340. The standard InChI is InChI=1S/C26H35F2N3O6/c1-17(2)16-37-25(34)20-23(32)26(3)7-4-8-31(26)30(24(20)33)15-18-5-6-19(22(28)21(18)27)36-14-11-29-9-12-35-13-10-29/h5-6,17,32H,4,7-16H2,1-3H3. The molecule has 37 heavy (non-hydrogen) atoms. The quantitative estimate of drug-likeness (QED) is 0.390. The van der Waals surface area contributed by atoms with Crippen LogP contribution in [0.1, 0.15) is 39.2 Å². The van der Waals surface area contributed by atoms with Gasteiger partial charge < -0.3 is 19.3 Å². The van der Waals surface area contributed by atoms with Crippen LogP contribution in [0.4, 0.5) is 8.78 Å². The minimum Gasteiger partial charge on any atom is -0.509 e. The van der Waals surface area contributed by atoms with Gasteiger partial charge in [0.05, 0.1) is 31.9 Å². The number of fused-ring (bicyclic) bond motifs is 1. The van der Waals surface area contributed by atoms with Gasteiger partial charge in [-0.3, -0.25) is 14.7 Å². The van der Waals surface area contributed by atoms with Crippen molar-refractivity contribution in [3.63, 3.8) is 0 Å². The Morgan fingerprint density at radius 2 is 1.92 bits per heavy atom. The summed E-state index contributed by atoms with van der Waals surface area (Å²) in [6.45, 7) is 9.13. The van der Waals surface area contributed by atoms with Gasteiger partial charge in [-0.15, -0.1) is 0 Å². The number of nitrogens with zero attached hydrogens (tertiary/aromatic N) is 3. The van der Waals surface area contributed by atoms with Crippen molar-refractivity contribution in [1.29, 1.82) is 0 Å². The fourth-order valence-corrected chi connectivity index (χ4v) is 4.92. The van der Waals surface area contributed by atoms with Crippen LogP contribution in [0.3, 0.4) is 0 Å². The Hall–Kier alpha value is -2.76. The van der Waals surface area contributed by atoms with Gasteiger partial charge in [-0.05, 0) is 31.7 Å². The summed E-state index contributed by atoms with van der Waals surface area (Å²) < 4.78 is 46.0. The van der Waals surface area contributed by atoms with Crippen molar-refractivity contribution in [2.75, 3.05) is 52.6 Å². The molecular weight excluding hydrogens is 488 g/mol. The van der Waals surface area contributed by atoms with Gasteiger partial charge in [-0.1, -0.05) is 19.9 Å². The summed E-state index contributed by atoms with van der Waals surface area (Å²) in [5.41, 5.74) is -1.57. The van der Waals surface area contributed by atoms with Gasteiger partial charge in [-0.25, -0.2) is 14.2 Å². The Kier molecular flexibility index (Phi) is 8.35. The van der Waals surface area contributed by atoms with Crippen molar-refractivity contribution in [2.45, 2.75) is 45.7 Å². The molecule has 1 unspecified atom stereocenters. The molecular formula is C26H35F2N3O6. The third-order valence-electron chi connectivity index (χ3n) is 7.06. The highest BCUT2D eigenvalue weighted by molar-refractivity contribution is 6.17. The van der Waals surface area contributed by atoms with Crippen LogP contribution >= 0.6 is 0 Å². The van der Waals surface area contributed by atoms with Crippen molar-refractivity contribution in [3.8, 4) is 5.75 Å².